The second kappa shape index (κ2) is 7.72. The van der Waals surface area contributed by atoms with Gasteiger partial charge in [0.1, 0.15) is 34.3 Å². The normalized spacial score (nSPS) is 13.4. The number of phenols is 4. The van der Waals surface area contributed by atoms with Crippen LogP contribution in [0.2, 0.25) is 0 Å². The predicted octanol–water partition coefficient (Wildman–Crippen LogP) is 2.76. The first-order valence-electron chi connectivity index (χ1n) is 10.9. The number of fused-ring (bicyclic) bond motifs is 5. The van der Waals surface area contributed by atoms with Crippen molar-refractivity contribution in [3.63, 3.8) is 0 Å². The number of carboxylic acid groups (broad SMARTS) is 2. The summed E-state index contributed by atoms with van der Waals surface area (Å²) in [5.74, 6) is -7.96. The Morgan fingerprint density at radius 2 is 1.46 bits per heavy atom. The van der Waals surface area contributed by atoms with E-state index in [1.165, 1.54) is 14.0 Å². The van der Waals surface area contributed by atoms with E-state index in [4.69, 9.17) is 4.74 Å². The van der Waals surface area contributed by atoms with Crippen molar-refractivity contribution in [2.75, 3.05) is 7.11 Å². The lowest BCUT2D eigenvalue weighted by molar-refractivity contribution is 0.0648. The summed E-state index contributed by atoms with van der Waals surface area (Å²) in [4.78, 5) is 50.6. The zero-order valence-electron chi connectivity index (χ0n) is 19.3. The summed E-state index contributed by atoms with van der Waals surface area (Å²) in [5, 5.41) is 62.1. The molecule has 0 amide bonds. The van der Waals surface area contributed by atoms with Gasteiger partial charge in [-0.25, -0.2) is 9.59 Å². The van der Waals surface area contributed by atoms with Crippen LogP contribution in [0.15, 0.2) is 12.1 Å². The van der Waals surface area contributed by atoms with E-state index in [0.717, 1.165) is 12.1 Å². The Bertz CT molecular complexity index is 1650. The van der Waals surface area contributed by atoms with Crippen molar-refractivity contribution in [1.82, 2.24) is 0 Å². The van der Waals surface area contributed by atoms with Crippen LogP contribution in [-0.2, 0) is 12.8 Å². The number of aromatic hydroxyl groups is 4. The highest BCUT2D eigenvalue weighted by atomic mass is 16.5. The highest BCUT2D eigenvalue weighted by Gasteiger charge is 2.42. The van der Waals surface area contributed by atoms with Crippen LogP contribution in [-0.4, -0.2) is 61.3 Å². The number of ketones is 2. The third-order valence-corrected chi connectivity index (χ3v) is 6.90. The van der Waals surface area contributed by atoms with Crippen molar-refractivity contribution in [2.24, 2.45) is 0 Å². The molecule has 2 aliphatic carbocycles. The molecule has 0 bridgehead atoms. The van der Waals surface area contributed by atoms with Crippen molar-refractivity contribution in [1.29, 1.82) is 0 Å². The Labute approximate surface area is 207 Å². The van der Waals surface area contributed by atoms with Gasteiger partial charge in [0.2, 0.25) is 5.78 Å². The third-order valence-electron chi connectivity index (χ3n) is 6.90. The number of phenolic OH excluding ortho intramolecular Hbond substituents is 3. The van der Waals surface area contributed by atoms with Crippen molar-refractivity contribution < 1.29 is 54.6 Å². The van der Waals surface area contributed by atoms with Crippen molar-refractivity contribution in [3.8, 4) is 39.9 Å². The smallest absolute Gasteiger partial charge is 0.340 e. The van der Waals surface area contributed by atoms with E-state index in [2.05, 4.69) is 0 Å². The molecule has 188 valence electrons. The molecule has 0 aliphatic heterocycles. The van der Waals surface area contributed by atoms with Gasteiger partial charge < -0.3 is 35.4 Å². The van der Waals surface area contributed by atoms with E-state index in [1.54, 1.807) is 0 Å². The molecule has 0 unspecified atom stereocenters. The molecule has 0 spiro atoms. The molecule has 5 rings (SSSR count). The topological polar surface area (TPSA) is 199 Å². The highest BCUT2D eigenvalue weighted by molar-refractivity contribution is 6.32. The SMILES string of the molecule is COc1c2c(c(O)c3c1C(=O)c1c(cc(O)c(C)c1O)C3=O)-c1c(cc(C(=O)O)c(C(=O)O)c1O)CC2. The number of carbonyl (C=O) groups excluding carboxylic acids is 2. The van der Waals surface area contributed by atoms with Gasteiger partial charge in [0.15, 0.2) is 5.78 Å². The maximum absolute atomic E-state index is 13.6. The molecule has 0 saturated heterocycles. The monoisotopic (exact) mass is 506 g/mol. The van der Waals surface area contributed by atoms with Crippen LogP contribution in [0.4, 0.5) is 0 Å². The second-order valence-electron chi connectivity index (χ2n) is 8.73. The minimum absolute atomic E-state index is 0.0289. The number of rotatable bonds is 3. The molecule has 3 aromatic carbocycles. The lowest BCUT2D eigenvalue weighted by Gasteiger charge is -2.30. The Morgan fingerprint density at radius 3 is 2.05 bits per heavy atom. The molecule has 37 heavy (non-hydrogen) atoms. The summed E-state index contributed by atoms with van der Waals surface area (Å²) in [6.45, 7) is 1.35. The van der Waals surface area contributed by atoms with E-state index in [-0.39, 0.29) is 63.1 Å². The van der Waals surface area contributed by atoms with Crippen LogP contribution in [0, 0.1) is 6.92 Å². The minimum Gasteiger partial charge on any atom is -0.508 e. The van der Waals surface area contributed by atoms with E-state index < -0.39 is 63.2 Å². The average Bonchev–Trinajstić information content (AvgIpc) is 2.84. The predicted molar refractivity (Wildman–Crippen MR) is 124 cm³/mol. The summed E-state index contributed by atoms with van der Waals surface area (Å²) in [7, 11) is 1.22. The van der Waals surface area contributed by atoms with Gasteiger partial charge in [0, 0.05) is 27.8 Å². The number of aryl methyl sites for hydroxylation is 1. The molecule has 6 N–H and O–H groups in total. The van der Waals surface area contributed by atoms with Crippen LogP contribution < -0.4 is 4.74 Å². The Kier molecular flexibility index (Phi) is 4.94. The molecule has 0 atom stereocenters. The molecule has 0 saturated carbocycles. The van der Waals surface area contributed by atoms with E-state index in [1.807, 2.05) is 0 Å². The fraction of sp³-hybridized carbons (Fsp3) is 0.154. The fourth-order valence-corrected chi connectivity index (χ4v) is 5.20. The first-order chi connectivity index (χ1) is 17.4. The van der Waals surface area contributed by atoms with E-state index in [0.29, 0.717) is 0 Å². The van der Waals surface area contributed by atoms with Crippen LogP contribution >= 0.6 is 0 Å². The van der Waals surface area contributed by atoms with Gasteiger partial charge in [-0.15, -0.1) is 0 Å². The average molecular weight is 506 g/mol. The summed E-state index contributed by atoms with van der Waals surface area (Å²) in [6.07, 6.45) is 0.161. The molecular formula is C26H18O11. The van der Waals surface area contributed by atoms with Crippen molar-refractivity contribution in [2.45, 2.75) is 19.8 Å². The molecular weight excluding hydrogens is 488 g/mol. The number of hydrogen-bond acceptors (Lipinski definition) is 9. The Balaban J connectivity index is 1.92. The van der Waals surface area contributed by atoms with Crippen molar-refractivity contribution >= 4 is 23.5 Å². The first kappa shape index (κ1) is 23.7. The number of carboxylic acids is 2. The number of hydrogen-bond donors (Lipinski definition) is 6. The number of benzene rings is 3. The molecule has 0 fully saturated rings. The maximum Gasteiger partial charge on any atom is 0.340 e. The molecule has 3 aromatic rings. The molecule has 0 radical (unpaired) electrons. The lowest BCUT2D eigenvalue weighted by Crippen LogP contribution is -2.24. The highest BCUT2D eigenvalue weighted by Crippen LogP contribution is 2.54. The van der Waals surface area contributed by atoms with Gasteiger partial charge in [0.05, 0.1) is 29.4 Å². The third kappa shape index (κ3) is 2.94. The van der Waals surface area contributed by atoms with Gasteiger partial charge in [-0.3, -0.25) is 9.59 Å². The zero-order valence-corrected chi connectivity index (χ0v) is 19.3. The number of aromatic carboxylic acids is 2. The van der Waals surface area contributed by atoms with Crippen LogP contribution in [0.25, 0.3) is 11.1 Å². The van der Waals surface area contributed by atoms with Gasteiger partial charge in [-0.05, 0) is 37.5 Å². The number of methoxy groups -OCH3 is 1. The Hall–Kier alpha value is -5.06. The fourth-order valence-electron chi connectivity index (χ4n) is 5.20. The summed E-state index contributed by atoms with van der Waals surface area (Å²) in [6, 6.07) is 2.07. The molecule has 2 aliphatic rings. The second-order valence-corrected chi connectivity index (χ2v) is 8.73. The van der Waals surface area contributed by atoms with Crippen LogP contribution in [0.5, 0.6) is 28.7 Å². The lowest BCUT2D eigenvalue weighted by atomic mass is 9.74. The molecule has 11 heteroatoms. The van der Waals surface area contributed by atoms with Crippen LogP contribution in [0.3, 0.4) is 0 Å². The van der Waals surface area contributed by atoms with E-state index in [9.17, 15) is 49.8 Å². The first-order valence-corrected chi connectivity index (χ1v) is 10.9. The molecule has 0 heterocycles. The molecule has 0 aromatic heterocycles. The Morgan fingerprint density at radius 1 is 0.784 bits per heavy atom. The standard InChI is InChI=1S/C26H18O11/c1-7-12(27)6-10-15(19(7)28)23(32)18-17(20(10)29)22(31)14-9(24(18)37-2)4-3-8-5-11(25(33)34)16(26(35)36)21(30)13(8)14/h5-6,27-28,30-31H,3-4H2,1-2H3,(H,33,34)(H,35,36). The van der Waals surface area contributed by atoms with Gasteiger partial charge in [-0.1, -0.05) is 0 Å². The number of carbonyl (C=O) groups is 4. The largest absolute Gasteiger partial charge is 0.508 e. The van der Waals surface area contributed by atoms with Crippen molar-refractivity contribution in [3.05, 3.63) is 62.2 Å². The number of ether oxygens (including phenoxy) is 1. The molecule has 11 nitrogen and oxygen atoms in total. The van der Waals surface area contributed by atoms with E-state index >= 15 is 0 Å². The van der Waals surface area contributed by atoms with Gasteiger partial charge in [-0.2, -0.15) is 0 Å². The quantitative estimate of drug-likeness (QED) is 0.239. The van der Waals surface area contributed by atoms with Gasteiger partial charge >= 0.3 is 11.9 Å². The summed E-state index contributed by atoms with van der Waals surface area (Å²) < 4.78 is 5.48. The minimum atomic E-state index is -1.73. The summed E-state index contributed by atoms with van der Waals surface area (Å²) >= 11 is 0. The van der Waals surface area contributed by atoms with Crippen LogP contribution in [0.1, 0.15) is 69.2 Å². The summed E-state index contributed by atoms with van der Waals surface area (Å²) in [5.41, 5.74) is -3.20. The van der Waals surface area contributed by atoms with Gasteiger partial charge in [0.25, 0.3) is 0 Å². The zero-order chi connectivity index (χ0) is 27.1. The maximum atomic E-state index is 13.6.